The smallest absolute Gasteiger partial charge is 0.342 e. The van der Waals surface area contributed by atoms with Gasteiger partial charge in [0.15, 0.2) is 5.82 Å². The Bertz CT molecular complexity index is 423. The van der Waals surface area contributed by atoms with Crippen molar-refractivity contribution in [2.24, 2.45) is 5.18 Å². The first-order valence-electron chi connectivity index (χ1n) is 4.75. The highest BCUT2D eigenvalue weighted by molar-refractivity contribution is 5.77. The lowest BCUT2D eigenvalue weighted by Gasteiger charge is -2.07. The molecule has 0 bridgehead atoms. The number of ether oxygens (including phenoxy) is 1. The summed E-state index contributed by atoms with van der Waals surface area (Å²) in [6.07, 6.45) is 1.71. The van der Waals surface area contributed by atoms with E-state index in [1.54, 1.807) is 6.92 Å². The van der Waals surface area contributed by atoms with E-state index in [2.05, 4.69) is 25.2 Å². The first kappa shape index (κ1) is 12.7. The summed E-state index contributed by atoms with van der Waals surface area (Å²) in [5.74, 6) is -0.779. The molecule has 90 valence electrons. The van der Waals surface area contributed by atoms with Crippen molar-refractivity contribution in [1.82, 2.24) is 9.97 Å². The number of hydrogen-bond donors (Lipinski definition) is 1. The average Bonchev–Trinajstić information content (AvgIpc) is 2.31. The van der Waals surface area contributed by atoms with Crippen molar-refractivity contribution in [3.05, 3.63) is 23.0 Å². The third-order valence-corrected chi connectivity index (χ3v) is 1.74. The van der Waals surface area contributed by atoms with Crippen molar-refractivity contribution < 1.29 is 14.3 Å². The van der Waals surface area contributed by atoms with Gasteiger partial charge in [-0.1, -0.05) is 0 Å². The first-order valence-corrected chi connectivity index (χ1v) is 4.75. The SMILES string of the molecule is CCOC(=O)C(N=O)c1nccc(NC=O)n1. The Morgan fingerprint density at radius 1 is 1.71 bits per heavy atom. The van der Waals surface area contributed by atoms with Gasteiger partial charge in [0.05, 0.1) is 6.61 Å². The predicted octanol–water partition coefficient (Wildman–Crippen LogP) is 0.416. The fraction of sp³-hybridized carbons (Fsp3) is 0.333. The molecule has 0 saturated carbocycles. The van der Waals surface area contributed by atoms with Gasteiger partial charge in [-0.25, -0.2) is 14.8 Å². The van der Waals surface area contributed by atoms with Gasteiger partial charge in [0, 0.05) is 6.20 Å². The van der Waals surface area contributed by atoms with Crippen LogP contribution in [-0.2, 0) is 14.3 Å². The van der Waals surface area contributed by atoms with Crippen molar-refractivity contribution in [2.45, 2.75) is 13.0 Å². The maximum absolute atomic E-state index is 11.4. The van der Waals surface area contributed by atoms with Crippen LogP contribution in [0.2, 0.25) is 0 Å². The van der Waals surface area contributed by atoms with Gasteiger partial charge in [0.1, 0.15) is 5.82 Å². The van der Waals surface area contributed by atoms with Crippen LogP contribution < -0.4 is 5.32 Å². The van der Waals surface area contributed by atoms with E-state index in [0.717, 1.165) is 0 Å². The summed E-state index contributed by atoms with van der Waals surface area (Å²) >= 11 is 0. The van der Waals surface area contributed by atoms with Crippen LogP contribution in [0.15, 0.2) is 17.4 Å². The van der Waals surface area contributed by atoms with Crippen molar-refractivity contribution in [2.75, 3.05) is 11.9 Å². The van der Waals surface area contributed by atoms with Crippen molar-refractivity contribution in [1.29, 1.82) is 0 Å². The monoisotopic (exact) mass is 238 g/mol. The lowest BCUT2D eigenvalue weighted by molar-refractivity contribution is -0.145. The maximum atomic E-state index is 11.4. The fourth-order valence-corrected chi connectivity index (χ4v) is 1.06. The molecular formula is C9H10N4O4. The minimum Gasteiger partial charge on any atom is -0.464 e. The second kappa shape index (κ2) is 6.26. The number of amides is 1. The molecule has 0 saturated heterocycles. The summed E-state index contributed by atoms with van der Waals surface area (Å²) < 4.78 is 4.65. The molecule has 1 amide bonds. The van der Waals surface area contributed by atoms with Gasteiger partial charge in [-0.3, -0.25) is 4.79 Å². The molecular weight excluding hydrogens is 228 g/mol. The van der Waals surface area contributed by atoms with Gasteiger partial charge < -0.3 is 10.1 Å². The average molecular weight is 238 g/mol. The first-order chi connectivity index (χ1) is 8.22. The van der Waals surface area contributed by atoms with Gasteiger partial charge in [0.2, 0.25) is 12.5 Å². The van der Waals surface area contributed by atoms with Crippen LogP contribution in [0, 0.1) is 4.91 Å². The van der Waals surface area contributed by atoms with E-state index in [4.69, 9.17) is 0 Å². The largest absolute Gasteiger partial charge is 0.464 e. The molecule has 0 aliphatic rings. The number of aromatic nitrogens is 2. The minimum atomic E-state index is -1.43. The standard InChI is InChI=1S/C9H10N4O4/c1-2-17-9(15)7(13-16)8-10-4-3-6(12-8)11-5-14/h3-5,7H,2H2,1H3,(H,10,11,12,14). The second-order valence-corrected chi connectivity index (χ2v) is 2.82. The molecule has 1 N–H and O–H groups in total. The summed E-state index contributed by atoms with van der Waals surface area (Å²) in [5.41, 5.74) is 0. The van der Waals surface area contributed by atoms with E-state index < -0.39 is 12.0 Å². The number of esters is 1. The third-order valence-electron chi connectivity index (χ3n) is 1.74. The Morgan fingerprint density at radius 3 is 3.06 bits per heavy atom. The Hall–Kier alpha value is -2.38. The third kappa shape index (κ3) is 3.30. The van der Waals surface area contributed by atoms with Gasteiger partial charge in [-0.15, -0.1) is 4.91 Å². The van der Waals surface area contributed by atoms with E-state index in [9.17, 15) is 14.5 Å². The number of hydrogen-bond acceptors (Lipinski definition) is 7. The molecule has 8 nitrogen and oxygen atoms in total. The number of carbonyl (C=O) groups excluding carboxylic acids is 2. The predicted molar refractivity (Wildman–Crippen MR) is 56.9 cm³/mol. The molecule has 1 atom stereocenters. The molecule has 0 aliphatic carbocycles. The molecule has 17 heavy (non-hydrogen) atoms. The van der Waals surface area contributed by atoms with Crippen LogP contribution in [0.4, 0.5) is 5.82 Å². The quantitative estimate of drug-likeness (QED) is 0.436. The lowest BCUT2D eigenvalue weighted by atomic mass is 10.3. The van der Waals surface area contributed by atoms with Gasteiger partial charge in [-0.05, 0) is 18.2 Å². The Morgan fingerprint density at radius 2 is 2.47 bits per heavy atom. The molecule has 1 unspecified atom stereocenters. The molecule has 1 aromatic rings. The van der Waals surface area contributed by atoms with Crippen LogP contribution in [-0.4, -0.2) is 29.0 Å². The summed E-state index contributed by atoms with van der Waals surface area (Å²) in [6, 6.07) is -0.0198. The van der Waals surface area contributed by atoms with Crippen molar-refractivity contribution in [3.63, 3.8) is 0 Å². The Balaban J connectivity index is 2.94. The zero-order valence-electron chi connectivity index (χ0n) is 8.99. The zero-order valence-corrected chi connectivity index (χ0v) is 8.99. The molecule has 0 fully saturated rings. The lowest BCUT2D eigenvalue weighted by Crippen LogP contribution is -2.17. The van der Waals surface area contributed by atoms with Crippen LogP contribution >= 0.6 is 0 Å². The molecule has 0 aliphatic heterocycles. The molecule has 1 heterocycles. The number of nitroso groups, excluding NO2 is 1. The Labute approximate surface area is 96.4 Å². The molecule has 0 radical (unpaired) electrons. The van der Waals surface area contributed by atoms with Crippen LogP contribution in [0.1, 0.15) is 18.8 Å². The number of nitrogens with one attached hydrogen (secondary N) is 1. The second-order valence-electron chi connectivity index (χ2n) is 2.82. The number of carbonyl (C=O) groups is 2. The maximum Gasteiger partial charge on any atom is 0.342 e. The molecule has 1 rings (SSSR count). The van der Waals surface area contributed by atoms with E-state index in [1.807, 2.05) is 0 Å². The van der Waals surface area contributed by atoms with Crippen LogP contribution in [0.5, 0.6) is 0 Å². The fourth-order valence-electron chi connectivity index (χ4n) is 1.06. The normalized spacial score (nSPS) is 11.4. The van der Waals surface area contributed by atoms with E-state index >= 15 is 0 Å². The van der Waals surface area contributed by atoms with Gasteiger partial charge >= 0.3 is 5.97 Å². The van der Waals surface area contributed by atoms with E-state index in [0.29, 0.717) is 6.41 Å². The van der Waals surface area contributed by atoms with Crippen LogP contribution in [0.3, 0.4) is 0 Å². The molecule has 0 aromatic carbocycles. The number of rotatable bonds is 6. The van der Waals surface area contributed by atoms with Gasteiger partial charge in [-0.2, -0.15) is 0 Å². The molecule has 8 heteroatoms. The summed E-state index contributed by atoms with van der Waals surface area (Å²) in [6.45, 7) is 1.72. The van der Waals surface area contributed by atoms with Crippen molar-refractivity contribution >= 4 is 18.2 Å². The minimum absolute atomic E-state index is 0.120. The summed E-state index contributed by atoms with van der Waals surface area (Å²) in [5, 5.41) is 4.88. The van der Waals surface area contributed by atoms with E-state index in [-0.39, 0.29) is 18.2 Å². The topological polar surface area (TPSA) is 111 Å². The highest BCUT2D eigenvalue weighted by Crippen LogP contribution is 2.15. The summed E-state index contributed by atoms with van der Waals surface area (Å²) in [4.78, 5) is 39.7. The number of nitrogens with zero attached hydrogens (tertiary/aromatic N) is 3. The van der Waals surface area contributed by atoms with E-state index in [1.165, 1.54) is 12.3 Å². The molecule has 1 aromatic heterocycles. The van der Waals surface area contributed by atoms with Crippen molar-refractivity contribution in [3.8, 4) is 0 Å². The van der Waals surface area contributed by atoms with Crippen LogP contribution in [0.25, 0.3) is 0 Å². The zero-order chi connectivity index (χ0) is 12.7. The van der Waals surface area contributed by atoms with Gasteiger partial charge in [0.25, 0.3) is 0 Å². The Kier molecular flexibility index (Phi) is 4.67. The number of anilines is 1. The summed E-state index contributed by atoms with van der Waals surface area (Å²) in [7, 11) is 0. The molecule has 0 spiro atoms. The highest BCUT2D eigenvalue weighted by atomic mass is 16.5. The highest BCUT2D eigenvalue weighted by Gasteiger charge is 2.26.